The number of aliphatic hydroxyl groups excluding tert-OH is 2. The Hall–Kier alpha value is -2.97. The molecule has 33 heavy (non-hydrogen) atoms. The lowest BCUT2D eigenvalue weighted by Gasteiger charge is -2.29. The maximum atomic E-state index is 12.9. The SMILES string of the molecule is CC(O)C(N)C(=O)N1CCCC1C(=O)NC(CCCN=C(N)N)C(=O)NC(C(=O)O)C(C)O. The van der Waals surface area contributed by atoms with Gasteiger partial charge in [0.1, 0.15) is 18.1 Å². The van der Waals surface area contributed by atoms with Gasteiger partial charge >= 0.3 is 5.97 Å². The van der Waals surface area contributed by atoms with Gasteiger partial charge in [-0.1, -0.05) is 0 Å². The van der Waals surface area contributed by atoms with Crippen molar-refractivity contribution in [2.24, 2.45) is 22.2 Å². The van der Waals surface area contributed by atoms with E-state index in [9.17, 15) is 34.5 Å². The summed E-state index contributed by atoms with van der Waals surface area (Å²) < 4.78 is 0. The Morgan fingerprint density at radius 2 is 1.76 bits per heavy atom. The molecule has 0 aromatic rings. The highest BCUT2D eigenvalue weighted by atomic mass is 16.4. The van der Waals surface area contributed by atoms with Gasteiger partial charge in [0.05, 0.1) is 12.2 Å². The number of hydrogen-bond donors (Lipinski definition) is 8. The van der Waals surface area contributed by atoms with Gasteiger partial charge in [-0.2, -0.15) is 0 Å². The Bertz CT molecular complexity index is 740. The molecule has 14 heteroatoms. The molecule has 1 aliphatic rings. The molecule has 14 nitrogen and oxygen atoms in total. The van der Waals surface area contributed by atoms with Crippen LogP contribution in [0.4, 0.5) is 0 Å². The second-order valence-electron chi connectivity index (χ2n) is 8.03. The van der Waals surface area contributed by atoms with Crippen molar-refractivity contribution in [3.8, 4) is 0 Å². The maximum absolute atomic E-state index is 12.9. The number of aliphatic carboxylic acids is 1. The fraction of sp³-hybridized carbons (Fsp3) is 0.737. The number of amides is 3. The molecule has 6 atom stereocenters. The predicted molar refractivity (Wildman–Crippen MR) is 117 cm³/mol. The van der Waals surface area contributed by atoms with Crippen molar-refractivity contribution in [2.75, 3.05) is 13.1 Å². The van der Waals surface area contributed by atoms with E-state index in [1.165, 1.54) is 18.7 Å². The van der Waals surface area contributed by atoms with E-state index < -0.39 is 60.1 Å². The molecular formula is C19H35N7O7. The van der Waals surface area contributed by atoms with Crippen LogP contribution >= 0.6 is 0 Å². The smallest absolute Gasteiger partial charge is 0.328 e. The first-order chi connectivity index (χ1) is 15.4. The zero-order valence-electron chi connectivity index (χ0n) is 18.8. The summed E-state index contributed by atoms with van der Waals surface area (Å²) in [6.45, 7) is 3.00. The number of carbonyl (C=O) groups is 4. The van der Waals surface area contributed by atoms with Crippen LogP contribution < -0.4 is 27.8 Å². The highest BCUT2D eigenvalue weighted by Crippen LogP contribution is 2.19. The molecule has 3 amide bonds. The Morgan fingerprint density at radius 3 is 2.27 bits per heavy atom. The number of nitrogens with zero attached hydrogens (tertiary/aromatic N) is 2. The highest BCUT2D eigenvalue weighted by molar-refractivity contribution is 5.94. The quantitative estimate of drug-likeness (QED) is 0.0779. The molecule has 11 N–H and O–H groups in total. The molecule has 0 spiro atoms. The zero-order chi connectivity index (χ0) is 25.3. The summed E-state index contributed by atoms with van der Waals surface area (Å²) in [7, 11) is 0. The lowest BCUT2D eigenvalue weighted by molar-refractivity contribution is -0.145. The molecule has 0 saturated carbocycles. The molecule has 0 aliphatic carbocycles. The van der Waals surface area contributed by atoms with Gasteiger partial charge in [-0.15, -0.1) is 0 Å². The molecular weight excluding hydrogens is 438 g/mol. The van der Waals surface area contributed by atoms with Crippen LogP contribution in [0.3, 0.4) is 0 Å². The van der Waals surface area contributed by atoms with Crippen molar-refractivity contribution in [3.05, 3.63) is 0 Å². The van der Waals surface area contributed by atoms with Crippen LogP contribution in [-0.4, -0.2) is 99.3 Å². The van der Waals surface area contributed by atoms with Crippen molar-refractivity contribution in [3.63, 3.8) is 0 Å². The molecule has 1 heterocycles. The number of nitrogens with two attached hydrogens (primary N) is 3. The number of likely N-dealkylation sites (tertiary alicyclic amines) is 1. The number of aliphatic imine (C=N–C) groups is 1. The number of nitrogens with one attached hydrogen (secondary N) is 2. The largest absolute Gasteiger partial charge is 0.480 e. The molecule has 0 bridgehead atoms. The molecule has 1 saturated heterocycles. The second-order valence-corrected chi connectivity index (χ2v) is 8.03. The molecule has 0 aromatic heterocycles. The van der Waals surface area contributed by atoms with E-state index >= 15 is 0 Å². The van der Waals surface area contributed by atoms with Crippen LogP contribution in [0.2, 0.25) is 0 Å². The fourth-order valence-electron chi connectivity index (χ4n) is 3.38. The van der Waals surface area contributed by atoms with E-state index in [0.717, 1.165) is 0 Å². The van der Waals surface area contributed by atoms with Gasteiger partial charge in [0.15, 0.2) is 12.0 Å². The minimum Gasteiger partial charge on any atom is -0.480 e. The lowest BCUT2D eigenvalue weighted by atomic mass is 10.1. The van der Waals surface area contributed by atoms with Crippen LogP contribution in [0, 0.1) is 0 Å². The predicted octanol–water partition coefficient (Wildman–Crippen LogP) is -3.83. The number of rotatable bonds is 12. The van der Waals surface area contributed by atoms with Gasteiger partial charge in [-0.25, -0.2) is 4.79 Å². The lowest BCUT2D eigenvalue weighted by Crippen LogP contribution is -2.58. The van der Waals surface area contributed by atoms with Crippen molar-refractivity contribution in [1.29, 1.82) is 0 Å². The molecule has 6 unspecified atom stereocenters. The summed E-state index contributed by atoms with van der Waals surface area (Å²) in [5, 5.41) is 33.2. The van der Waals surface area contributed by atoms with E-state index in [-0.39, 0.29) is 31.9 Å². The third kappa shape index (κ3) is 8.47. The van der Waals surface area contributed by atoms with Crippen LogP contribution in [0.15, 0.2) is 4.99 Å². The molecule has 1 fully saturated rings. The van der Waals surface area contributed by atoms with Gasteiger partial charge in [-0.3, -0.25) is 19.4 Å². The van der Waals surface area contributed by atoms with E-state index in [4.69, 9.17) is 17.2 Å². The monoisotopic (exact) mass is 473 g/mol. The standard InChI is InChI=1S/C19H35N7O7/c1-9(27)13(20)17(31)26-8-4-6-12(26)16(30)24-11(5-3-7-23-19(21)22)15(29)25-14(10(2)28)18(32)33/h9-14,27-28H,3-8,20H2,1-2H3,(H,24,30)(H,25,29)(H,32,33)(H4,21,22,23). The van der Waals surface area contributed by atoms with Gasteiger partial charge < -0.3 is 48.1 Å². The summed E-state index contributed by atoms with van der Waals surface area (Å²) in [5.41, 5.74) is 16.3. The average Bonchev–Trinajstić information content (AvgIpc) is 3.21. The molecule has 0 radical (unpaired) electrons. The summed E-state index contributed by atoms with van der Waals surface area (Å²) in [4.78, 5) is 54.6. The second kappa shape index (κ2) is 12.9. The van der Waals surface area contributed by atoms with Crippen molar-refractivity contribution in [1.82, 2.24) is 15.5 Å². The Kier molecular flexibility index (Phi) is 11.0. The van der Waals surface area contributed by atoms with Crippen molar-refractivity contribution < 1.29 is 34.5 Å². The Balaban J connectivity index is 2.97. The number of aliphatic hydroxyl groups is 2. The summed E-state index contributed by atoms with van der Waals surface area (Å²) in [6, 6.07) is -4.85. The van der Waals surface area contributed by atoms with Crippen molar-refractivity contribution in [2.45, 2.75) is 75.9 Å². The Labute approximate surface area is 191 Å². The Morgan fingerprint density at radius 1 is 1.12 bits per heavy atom. The van der Waals surface area contributed by atoms with E-state index in [1.807, 2.05) is 0 Å². The molecule has 0 aromatic carbocycles. The van der Waals surface area contributed by atoms with Crippen LogP contribution in [0.5, 0.6) is 0 Å². The number of carbonyl (C=O) groups excluding carboxylic acids is 3. The van der Waals surface area contributed by atoms with Crippen molar-refractivity contribution >= 4 is 29.7 Å². The van der Waals surface area contributed by atoms with Crippen LogP contribution in [0.1, 0.15) is 39.5 Å². The van der Waals surface area contributed by atoms with Crippen LogP contribution in [0.25, 0.3) is 0 Å². The third-order valence-corrected chi connectivity index (χ3v) is 5.27. The summed E-state index contributed by atoms with van der Waals surface area (Å²) in [5.74, 6) is -3.61. The van der Waals surface area contributed by atoms with Gasteiger partial charge in [0.2, 0.25) is 17.7 Å². The summed E-state index contributed by atoms with van der Waals surface area (Å²) in [6.07, 6.45) is -1.28. The zero-order valence-corrected chi connectivity index (χ0v) is 18.8. The fourth-order valence-corrected chi connectivity index (χ4v) is 3.38. The van der Waals surface area contributed by atoms with Gasteiger partial charge in [0.25, 0.3) is 0 Å². The maximum Gasteiger partial charge on any atom is 0.328 e. The number of hydrogen-bond acceptors (Lipinski definition) is 8. The number of carboxylic acids is 1. The minimum absolute atomic E-state index is 0.0638. The molecule has 1 rings (SSSR count). The first kappa shape index (κ1) is 28.1. The van der Waals surface area contributed by atoms with E-state index in [0.29, 0.717) is 12.8 Å². The molecule has 1 aliphatic heterocycles. The minimum atomic E-state index is -1.58. The first-order valence-corrected chi connectivity index (χ1v) is 10.7. The van der Waals surface area contributed by atoms with Gasteiger partial charge in [0, 0.05) is 13.1 Å². The topological polar surface area (TPSA) is 247 Å². The average molecular weight is 474 g/mol. The first-order valence-electron chi connectivity index (χ1n) is 10.7. The summed E-state index contributed by atoms with van der Waals surface area (Å²) >= 11 is 0. The number of guanidine groups is 1. The van der Waals surface area contributed by atoms with E-state index in [2.05, 4.69) is 15.6 Å². The highest BCUT2D eigenvalue weighted by Gasteiger charge is 2.39. The number of carboxylic acid groups (broad SMARTS) is 1. The van der Waals surface area contributed by atoms with Gasteiger partial charge in [-0.05, 0) is 39.5 Å². The normalized spacial score (nSPS) is 20.2. The molecule has 188 valence electrons. The third-order valence-electron chi connectivity index (χ3n) is 5.27. The van der Waals surface area contributed by atoms with Crippen LogP contribution in [-0.2, 0) is 19.2 Å². The van der Waals surface area contributed by atoms with E-state index in [1.54, 1.807) is 0 Å².